The first kappa shape index (κ1) is 19.2. The minimum atomic E-state index is 0.0426. The molecular formula is C23H27NO3. The number of nitrogens with zero attached hydrogens (tertiary/aromatic N) is 1. The lowest BCUT2D eigenvalue weighted by Crippen LogP contribution is -2.23. The molecule has 27 heavy (non-hydrogen) atoms. The molecule has 0 bridgehead atoms. The molecule has 0 aliphatic heterocycles. The first-order valence-corrected chi connectivity index (χ1v) is 9.57. The van der Waals surface area contributed by atoms with Gasteiger partial charge in [-0.05, 0) is 31.6 Å². The Balaban J connectivity index is 2.33. The Bertz CT molecular complexity index is 972. The van der Waals surface area contributed by atoms with Gasteiger partial charge in [-0.2, -0.15) is 0 Å². The zero-order valence-corrected chi connectivity index (χ0v) is 16.5. The minimum absolute atomic E-state index is 0.0426. The predicted octanol–water partition coefficient (Wildman–Crippen LogP) is 4.87. The Morgan fingerprint density at radius 3 is 2.26 bits per heavy atom. The molecule has 0 unspecified atom stereocenters. The molecule has 0 atom stereocenters. The number of rotatable bonds is 7. The summed E-state index contributed by atoms with van der Waals surface area (Å²) in [7, 11) is 1.66. The Hall–Kier alpha value is -2.59. The third kappa shape index (κ3) is 3.62. The second kappa shape index (κ2) is 8.40. The number of benzene rings is 2. The second-order valence-electron chi connectivity index (χ2n) is 6.54. The van der Waals surface area contributed by atoms with Crippen molar-refractivity contribution in [1.29, 1.82) is 0 Å². The van der Waals surface area contributed by atoms with Gasteiger partial charge in [0.25, 0.3) is 0 Å². The molecule has 4 nitrogen and oxygen atoms in total. The van der Waals surface area contributed by atoms with Crippen molar-refractivity contribution in [1.82, 2.24) is 4.90 Å². The Morgan fingerprint density at radius 1 is 0.963 bits per heavy atom. The average Bonchev–Trinajstić information content (AvgIpc) is 2.72. The first-order chi connectivity index (χ1) is 13.1. The van der Waals surface area contributed by atoms with Crippen molar-refractivity contribution in [2.24, 2.45) is 0 Å². The van der Waals surface area contributed by atoms with Gasteiger partial charge in [-0.3, -0.25) is 9.69 Å². The Labute approximate surface area is 160 Å². The van der Waals surface area contributed by atoms with Crippen LogP contribution in [-0.4, -0.2) is 25.1 Å². The number of methoxy groups -OCH3 is 1. The van der Waals surface area contributed by atoms with Gasteiger partial charge in [0.15, 0.2) is 5.43 Å². The summed E-state index contributed by atoms with van der Waals surface area (Å²) in [6, 6.07) is 13.5. The highest BCUT2D eigenvalue weighted by Gasteiger charge is 2.20. The van der Waals surface area contributed by atoms with Crippen molar-refractivity contribution >= 4 is 11.0 Å². The van der Waals surface area contributed by atoms with Crippen LogP contribution in [0.2, 0.25) is 0 Å². The van der Waals surface area contributed by atoms with E-state index in [0.29, 0.717) is 35.3 Å². The molecule has 2 aromatic carbocycles. The highest BCUT2D eigenvalue weighted by molar-refractivity contribution is 5.85. The molecule has 0 saturated heterocycles. The van der Waals surface area contributed by atoms with Crippen molar-refractivity contribution in [3.8, 4) is 17.1 Å². The highest BCUT2D eigenvalue weighted by Crippen LogP contribution is 2.32. The van der Waals surface area contributed by atoms with Gasteiger partial charge < -0.3 is 9.15 Å². The summed E-state index contributed by atoms with van der Waals surface area (Å²) >= 11 is 0. The van der Waals surface area contributed by atoms with E-state index in [0.717, 1.165) is 30.0 Å². The molecule has 0 N–H and O–H groups in total. The molecule has 0 saturated carbocycles. The summed E-state index contributed by atoms with van der Waals surface area (Å²) in [6.07, 6.45) is 0.625. The van der Waals surface area contributed by atoms with Crippen LogP contribution in [0.5, 0.6) is 5.75 Å². The highest BCUT2D eigenvalue weighted by atomic mass is 16.5. The maximum Gasteiger partial charge on any atom is 0.196 e. The maximum atomic E-state index is 13.2. The summed E-state index contributed by atoms with van der Waals surface area (Å²) in [4.78, 5) is 15.5. The van der Waals surface area contributed by atoms with Crippen molar-refractivity contribution < 1.29 is 9.15 Å². The Kier molecular flexibility index (Phi) is 5.97. The van der Waals surface area contributed by atoms with E-state index in [1.807, 2.05) is 49.4 Å². The van der Waals surface area contributed by atoms with E-state index in [1.54, 1.807) is 7.11 Å². The van der Waals surface area contributed by atoms with E-state index in [-0.39, 0.29) is 5.43 Å². The monoisotopic (exact) mass is 365 g/mol. The zero-order valence-electron chi connectivity index (χ0n) is 16.5. The van der Waals surface area contributed by atoms with E-state index in [4.69, 9.17) is 9.15 Å². The third-order valence-electron chi connectivity index (χ3n) is 5.10. The van der Waals surface area contributed by atoms with E-state index in [9.17, 15) is 4.79 Å². The largest absolute Gasteiger partial charge is 0.496 e. The topological polar surface area (TPSA) is 42.7 Å². The van der Waals surface area contributed by atoms with Gasteiger partial charge in [0.05, 0.1) is 18.1 Å². The molecule has 0 aliphatic rings. The van der Waals surface area contributed by atoms with Gasteiger partial charge in [-0.1, -0.05) is 51.1 Å². The lowest BCUT2D eigenvalue weighted by atomic mass is 10.0. The summed E-state index contributed by atoms with van der Waals surface area (Å²) < 4.78 is 12.0. The number of hydrogen-bond acceptors (Lipinski definition) is 4. The molecule has 1 heterocycles. The molecular weight excluding hydrogens is 338 g/mol. The average molecular weight is 365 g/mol. The molecule has 0 aliphatic carbocycles. The van der Waals surface area contributed by atoms with Crippen LogP contribution in [0, 0.1) is 0 Å². The van der Waals surface area contributed by atoms with Crippen LogP contribution >= 0.6 is 0 Å². The van der Waals surface area contributed by atoms with Crippen molar-refractivity contribution in [2.75, 3.05) is 20.2 Å². The SMILES string of the molecule is CCc1c(-c2ccccc2)oc2c(CN(CC)CC)c(OC)ccc2c1=O. The van der Waals surface area contributed by atoms with E-state index in [1.165, 1.54) is 0 Å². The van der Waals surface area contributed by atoms with Crippen LogP contribution in [0.4, 0.5) is 0 Å². The quantitative estimate of drug-likeness (QED) is 0.599. The lowest BCUT2D eigenvalue weighted by molar-refractivity contribution is 0.289. The van der Waals surface area contributed by atoms with Gasteiger partial charge in [0, 0.05) is 17.7 Å². The van der Waals surface area contributed by atoms with E-state index >= 15 is 0 Å². The third-order valence-corrected chi connectivity index (χ3v) is 5.10. The molecule has 0 radical (unpaired) electrons. The van der Waals surface area contributed by atoms with Gasteiger partial charge >= 0.3 is 0 Å². The molecule has 3 aromatic rings. The predicted molar refractivity (Wildman–Crippen MR) is 110 cm³/mol. The normalized spacial score (nSPS) is 11.3. The smallest absolute Gasteiger partial charge is 0.196 e. The molecule has 3 rings (SSSR count). The number of fused-ring (bicyclic) bond motifs is 1. The first-order valence-electron chi connectivity index (χ1n) is 9.57. The second-order valence-corrected chi connectivity index (χ2v) is 6.54. The van der Waals surface area contributed by atoms with Crippen LogP contribution in [0.1, 0.15) is 31.9 Å². The lowest BCUT2D eigenvalue weighted by Gasteiger charge is -2.21. The summed E-state index contributed by atoms with van der Waals surface area (Å²) in [5, 5.41) is 0.620. The molecule has 0 amide bonds. The standard InChI is InChI=1S/C23H27NO3/c1-5-17-21(25)18-13-14-20(26-4)19(15-24(6-2)7-3)23(18)27-22(17)16-11-9-8-10-12-16/h8-14H,5-7,15H2,1-4H3. The van der Waals surface area contributed by atoms with Crippen LogP contribution < -0.4 is 10.2 Å². The van der Waals surface area contributed by atoms with Gasteiger partial charge in [0.2, 0.25) is 0 Å². The van der Waals surface area contributed by atoms with E-state index in [2.05, 4.69) is 18.7 Å². The van der Waals surface area contributed by atoms with E-state index < -0.39 is 0 Å². The van der Waals surface area contributed by atoms with Crippen LogP contribution in [0.15, 0.2) is 51.7 Å². The van der Waals surface area contributed by atoms with Crippen LogP contribution in [-0.2, 0) is 13.0 Å². The van der Waals surface area contributed by atoms with Crippen LogP contribution in [0.3, 0.4) is 0 Å². The summed E-state index contributed by atoms with van der Waals surface area (Å²) in [6.45, 7) is 8.75. The summed E-state index contributed by atoms with van der Waals surface area (Å²) in [5.74, 6) is 1.41. The number of hydrogen-bond donors (Lipinski definition) is 0. The number of ether oxygens (including phenoxy) is 1. The van der Waals surface area contributed by atoms with Gasteiger partial charge in [0.1, 0.15) is 17.1 Å². The zero-order chi connectivity index (χ0) is 19.4. The molecule has 0 spiro atoms. The molecule has 4 heteroatoms. The van der Waals surface area contributed by atoms with Gasteiger partial charge in [-0.25, -0.2) is 0 Å². The summed E-state index contributed by atoms with van der Waals surface area (Å²) in [5.41, 5.74) is 3.23. The van der Waals surface area contributed by atoms with Crippen molar-refractivity contribution in [3.63, 3.8) is 0 Å². The molecule has 0 fully saturated rings. The Morgan fingerprint density at radius 2 is 1.67 bits per heavy atom. The van der Waals surface area contributed by atoms with Crippen molar-refractivity contribution in [3.05, 3.63) is 63.8 Å². The minimum Gasteiger partial charge on any atom is -0.496 e. The van der Waals surface area contributed by atoms with Crippen LogP contribution in [0.25, 0.3) is 22.3 Å². The molecule has 1 aromatic heterocycles. The maximum absolute atomic E-state index is 13.2. The van der Waals surface area contributed by atoms with Gasteiger partial charge in [-0.15, -0.1) is 0 Å². The fraction of sp³-hybridized carbons (Fsp3) is 0.348. The van der Waals surface area contributed by atoms with Crippen molar-refractivity contribution in [2.45, 2.75) is 33.7 Å². The fourth-order valence-electron chi connectivity index (χ4n) is 3.49. The fourth-order valence-corrected chi connectivity index (χ4v) is 3.49. The molecule has 142 valence electrons.